The highest BCUT2D eigenvalue weighted by Crippen LogP contribution is 2.27. The maximum atomic E-state index is 13.4. The summed E-state index contributed by atoms with van der Waals surface area (Å²) in [6, 6.07) is 5.81. The minimum atomic E-state index is -1.00. The van der Waals surface area contributed by atoms with Crippen molar-refractivity contribution in [2.75, 3.05) is 5.32 Å². The summed E-state index contributed by atoms with van der Waals surface area (Å²) in [6.45, 7) is 0. The van der Waals surface area contributed by atoms with Gasteiger partial charge in [0.25, 0.3) is 0 Å². The summed E-state index contributed by atoms with van der Waals surface area (Å²) in [5.74, 6) is -3.41. The fourth-order valence-electron chi connectivity index (χ4n) is 2.16. The van der Waals surface area contributed by atoms with Gasteiger partial charge in [0.1, 0.15) is 5.82 Å². The molecule has 0 aromatic heterocycles. The fourth-order valence-corrected chi connectivity index (χ4v) is 2.16. The third-order valence-electron chi connectivity index (χ3n) is 3.22. The van der Waals surface area contributed by atoms with Crippen LogP contribution in [-0.2, 0) is 9.59 Å². The molecule has 5 heteroatoms. The predicted molar refractivity (Wildman–Crippen MR) is 68.0 cm³/mol. The number of allylic oxidation sites excluding steroid dienone is 2. The molecule has 19 heavy (non-hydrogen) atoms. The van der Waals surface area contributed by atoms with Gasteiger partial charge in [-0.3, -0.25) is 9.59 Å². The van der Waals surface area contributed by atoms with Crippen LogP contribution in [0, 0.1) is 17.7 Å². The number of amides is 1. The van der Waals surface area contributed by atoms with Gasteiger partial charge in [0.15, 0.2) is 0 Å². The van der Waals surface area contributed by atoms with Crippen molar-refractivity contribution in [1.29, 1.82) is 0 Å². The number of para-hydroxylation sites is 1. The average molecular weight is 263 g/mol. The number of carboxylic acid groups (broad SMARTS) is 1. The van der Waals surface area contributed by atoms with Crippen molar-refractivity contribution < 1.29 is 19.1 Å². The Kier molecular flexibility index (Phi) is 3.94. The zero-order valence-corrected chi connectivity index (χ0v) is 10.2. The minimum Gasteiger partial charge on any atom is -0.481 e. The number of hydrogen-bond donors (Lipinski definition) is 2. The minimum absolute atomic E-state index is 0.0752. The second-order valence-corrected chi connectivity index (χ2v) is 4.46. The molecule has 4 nitrogen and oxygen atoms in total. The fraction of sp³-hybridized carbons (Fsp3) is 0.286. The van der Waals surface area contributed by atoms with E-state index < -0.39 is 29.5 Å². The first kappa shape index (κ1) is 13.3. The molecule has 0 bridgehead atoms. The highest BCUT2D eigenvalue weighted by atomic mass is 19.1. The molecule has 2 rings (SSSR count). The third-order valence-corrected chi connectivity index (χ3v) is 3.22. The molecule has 0 saturated heterocycles. The smallest absolute Gasteiger partial charge is 0.307 e. The quantitative estimate of drug-likeness (QED) is 0.823. The van der Waals surface area contributed by atoms with Gasteiger partial charge in [-0.25, -0.2) is 4.39 Å². The van der Waals surface area contributed by atoms with Gasteiger partial charge in [-0.15, -0.1) is 0 Å². The van der Waals surface area contributed by atoms with Crippen LogP contribution in [0.2, 0.25) is 0 Å². The molecule has 0 heterocycles. The SMILES string of the molecule is O=C(O)[C@H]1CC=CC[C@H]1C(=O)Nc1ccccc1F. The Morgan fingerprint density at radius 1 is 1.16 bits per heavy atom. The summed E-state index contributed by atoms with van der Waals surface area (Å²) in [5, 5.41) is 11.5. The molecule has 2 atom stereocenters. The van der Waals surface area contributed by atoms with Gasteiger partial charge in [0.2, 0.25) is 5.91 Å². The van der Waals surface area contributed by atoms with Crippen LogP contribution in [0.25, 0.3) is 0 Å². The Balaban J connectivity index is 2.13. The molecule has 1 aliphatic rings. The van der Waals surface area contributed by atoms with Crippen LogP contribution in [0.4, 0.5) is 10.1 Å². The van der Waals surface area contributed by atoms with Crippen LogP contribution >= 0.6 is 0 Å². The molecule has 0 radical (unpaired) electrons. The molecule has 1 aromatic rings. The van der Waals surface area contributed by atoms with E-state index in [4.69, 9.17) is 5.11 Å². The largest absolute Gasteiger partial charge is 0.481 e. The van der Waals surface area contributed by atoms with Crippen molar-refractivity contribution in [3.8, 4) is 0 Å². The second kappa shape index (κ2) is 5.65. The van der Waals surface area contributed by atoms with Crippen LogP contribution in [-0.4, -0.2) is 17.0 Å². The summed E-state index contributed by atoms with van der Waals surface area (Å²) in [6.07, 6.45) is 4.22. The molecular weight excluding hydrogens is 249 g/mol. The molecule has 2 N–H and O–H groups in total. The first-order valence-electron chi connectivity index (χ1n) is 6.03. The summed E-state index contributed by atoms with van der Waals surface area (Å²) >= 11 is 0. The van der Waals surface area contributed by atoms with Crippen molar-refractivity contribution in [3.05, 3.63) is 42.2 Å². The summed E-state index contributed by atoms with van der Waals surface area (Å²) in [7, 11) is 0. The van der Waals surface area contributed by atoms with Gasteiger partial charge in [-0.2, -0.15) is 0 Å². The first-order chi connectivity index (χ1) is 9.09. The van der Waals surface area contributed by atoms with Crippen LogP contribution < -0.4 is 5.32 Å². The van der Waals surface area contributed by atoms with Gasteiger partial charge < -0.3 is 10.4 Å². The number of nitrogens with one attached hydrogen (secondary N) is 1. The molecule has 1 aromatic carbocycles. The molecule has 0 spiro atoms. The molecule has 1 aliphatic carbocycles. The zero-order valence-electron chi connectivity index (χ0n) is 10.2. The molecule has 0 fully saturated rings. The van der Waals surface area contributed by atoms with Crippen molar-refractivity contribution in [1.82, 2.24) is 0 Å². The molecule has 0 unspecified atom stereocenters. The standard InChI is InChI=1S/C14H14FNO3/c15-11-7-3-4-8-12(11)16-13(17)9-5-1-2-6-10(9)14(18)19/h1-4,7-10H,5-6H2,(H,16,17)(H,18,19)/t9-,10+/m1/s1. The van der Waals surface area contributed by atoms with E-state index in [1.165, 1.54) is 18.2 Å². The normalized spacial score (nSPS) is 21.9. The van der Waals surface area contributed by atoms with Crippen molar-refractivity contribution in [3.63, 3.8) is 0 Å². The van der Waals surface area contributed by atoms with E-state index in [9.17, 15) is 14.0 Å². The number of carboxylic acids is 1. The van der Waals surface area contributed by atoms with Crippen molar-refractivity contribution >= 4 is 17.6 Å². The number of aliphatic carboxylic acids is 1. The number of carbonyl (C=O) groups is 2. The lowest BCUT2D eigenvalue weighted by molar-refractivity contribution is -0.146. The second-order valence-electron chi connectivity index (χ2n) is 4.46. The maximum absolute atomic E-state index is 13.4. The van der Waals surface area contributed by atoms with Gasteiger partial charge in [0.05, 0.1) is 17.5 Å². The number of halogens is 1. The molecule has 1 amide bonds. The maximum Gasteiger partial charge on any atom is 0.307 e. The summed E-state index contributed by atoms with van der Waals surface area (Å²) in [5.41, 5.74) is 0.0752. The van der Waals surface area contributed by atoms with E-state index >= 15 is 0 Å². The zero-order chi connectivity index (χ0) is 13.8. The monoisotopic (exact) mass is 263 g/mol. The number of carbonyl (C=O) groups excluding carboxylic acids is 1. The molecular formula is C14H14FNO3. The van der Waals surface area contributed by atoms with Gasteiger partial charge in [-0.1, -0.05) is 24.3 Å². The van der Waals surface area contributed by atoms with Crippen LogP contribution in [0.3, 0.4) is 0 Å². The predicted octanol–water partition coefficient (Wildman–Crippen LogP) is 2.43. The van der Waals surface area contributed by atoms with Gasteiger partial charge in [0, 0.05) is 0 Å². The number of hydrogen-bond acceptors (Lipinski definition) is 2. The molecule has 0 aliphatic heterocycles. The topological polar surface area (TPSA) is 66.4 Å². The Bertz CT molecular complexity index is 527. The van der Waals surface area contributed by atoms with E-state index in [1.807, 2.05) is 0 Å². The van der Waals surface area contributed by atoms with E-state index in [0.717, 1.165) is 0 Å². The molecule has 100 valence electrons. The first-order valence-corrected chi connectivity index (χ1v) is 6.03. The lowest BCUT2D eigenvalue weighted by Gasteiger charge is -2.24. The van der Waals surface area contributed by atoms with E-state index in [0.29, 0.717) is 12.8 Å². The lowest BCUT2D eigenvalue weighted by Crippen LogP contribution is -2.34. The highest BCUT2D eigenvalue weighted by Gasteiger charge is 2.34. The Labute approximate surface area is 109 Å². The summed E-state index contributed by atoms with van der Waals surface area (Å²) in [4.78, 5) is 23.2. The molecule has 0 saturated carbocycles. The van der Waals surface area contributed by atoms with Crippen molar-refractivity contribution in [2.45, 2.75) is 12.8 Å². The van der Waals surface area contributed by atoms with Crippen molar-refractivity contribution in [2.24, 2.45) is 11.8 Å². The van der Waals surface area contributed by atoms with Gasteiger partial charge in [-0.05, 0) is 25.0 Å². The van der Waals surface area contributed by atoms with Gasteiger partial charge >= 0.3 is 5.97 Å². The number of anilines is 1. The van der Waals surface area contributed by atoms with E-state index in [1.54, 1.807) is 18.2 Å². The Hall–Kier alpha value is -2.17. The summed E-state index contributed by atoms with van der Waals surface area (Å²) < 4.78 is 13.4. The lowest BCUT2D eigenvalue weighted by atomic mass is 9.82. The Morgan fingerprint density at radius 2 is 1.79 bits per heavy atom. The highest BCUT2D eigenvalue weighted by molar-refractivity contribution is 5.95. The van der Waals surface area contributed by atoms with Crippen LogP contribution in [0.5, 0.6) is 0 Å². The third kappa shape index (κ3) is 2.99. The average Bonchev–Trinajstić information content (AvgIpc) is 2.41. The van der Waals surface area contributed by atoms with E-state index in [-0.39, 0.29) is 5.69 Å². The number of benzene rings is 1. The number of rotatable bonds is 3. The van der Waals surface area contributed by atoms with E-state index in [2.05, 4.69) is 5.32 Å². The van der Waals surface area contributed by atoms with Crippen LogP contribution in [0.1, 0.15) is 12.8 Å². The Morgan fingerprint density at radius 3 is 2.42 bits per heavy atom. The van der Waals surface area contributed by atoms with Crippen LogP contribution in [0.15, 0.2) is 36.4 Å².